The maximum Gasteiger partial charge on any atom is 0.0863 e. The summed E-state index contributed by atoms with van der Waals surface area (Å²) in [7, 11) is 0. The molecular formula is C9H13NO2S. The van der Waals surface area contributed by atoms with E-state index in [-0.39, 0.29) is 12.0 Å². The fraction of sp³-hybridized carbons (Fsp3) is 0.667. The van der Waals surface area contributed by atoms with E-state index in [2.05, 4.69) is 4.37 Å². The fourth-order valence-corrected chi connectivity index (χ4v) is 2.21. The number of ether oxygens (including phenoxy) is 1. The third kappa shape index (κ3) is 2.07. The van der Waals surface area contributed by atoms with E-state index in [0.29, 0.717) is 6.61 Å². The van der Waals surface area contributed by atoms with Crippen molar-refractivity contribution >= 4 is 11.5 Å². The predicted molar refractivity (Wildman–Crippen MR) is 50.6 cm³/mol. The lowest BCUT2D eigenvalue weighted by Gasteiger charge is -2.25. The molecule has 2 rings (SSSR count). The maximum atomic E-state index is 9.92. The lowest BCUT2D eigenvalue weighted by atomic mass is 9.93. The summed E-state index contributed by atoms with van der Waals surface area (Å²) in [6, 6.07) is 0. The largest absolute Gasteiger partial charge is 0.388 e. The Labute approximate surface area is 81.5 Å². The quantitative estimate of drug-likeness (QED) is 0.786. The van der Waals surface area contributed by atoms with E-state index in [9.17, 15) is 5.11 Å². The van der Waals surface area contributed by atoms with Crippen LogP contribution < -0.4 is 0 Å². The first-order valence-corrected chi connectivity index (χ1v) is 5.36. The van der Waals surface area contributed by atoms with E-state index in [1.807, 2.05) is 5.38 Å². The van der Waals surface area contributed by atoms with Crippen molar-refractivity contribution in [2.75, 3.05) is 13.2 Å². The van der Waals surface area contributed by atoms with Crippen LogP contribution in [0.4, 0.5) is 0 Å². The minimum absolute atomic E-state index is 0.255. The Hall–Kier alpha value is -0.450. The zero-order valence-electron chi connectivity index (χ0n) is 7.35. The molecule has 1 aliphatic rings. The highest BCUT2D eigenvalue weighted by Crippen LogP contribution is 2.28. The molecule has 0 amide bonds. The topological polar surface area (TPSA) is 42.4 Å². The predicted octanol–water partition coefficient (Wildman–Crippen LogP) is 1.60. The van der Waals surface area contributed by atoms with Crippen molar-refractivity contribution in [1.82, 2.24) is 4.37 Å². The summed E-state index contributed by atoms with van der Waals surface area (Å²) in [4.78, 5) is 0. The molecule has 0 saturated carbocycles. The Bertz CT molecular complexity index is 244. The third-order valence-electron chi connectivity index (χ3n) is 2.43. The minimum atomic E-state index is -0.390. The first-order chi connectivity index (χ1) is 6.38. The van der Waals surface area contributed by atoms with Gasteiger partial charge < -0.3 is 9.84 Å². The van der Waals surface area contributed by atoms with Gasteiger partial charge in [0, 0.05) is 29.7 Å². The molecule has 2 atom stereocenters. The first kappa shape index (κ1) is 9.12. The number of hydrogen-bond acceptors (Lipinski definition) is 4. The van der Waals surface area contributed by atoms with Crippen LogP contribution in [0.1, 0.15) is 24.5 Å². The molecule has 1 fully saturated rings. The minimum Gasteiger partial charge on any atom is -0.388 e. The summed E-state index contributed by atoms with van der Waals surface area (Å²) in [5, 5.41) is 11.8. The van der Waals surface area contributed by atoms with E-state index in [0.717, 1.165) is 25.0 Å². The van der Waals surface area contributed by atoms with Crippen molar-refractivity contribution in [3.05, 3.63) is 17.1 Å². The molecule has 2 heterocycles. The van der Waals surface area contributed by atoms with Crippen molar-refractivity contribution in [2.45, 2.75) is 18.9 Å². The van der Waals surface area contributed by atoms with Gasteiger partial charge in [-0.05, 0) is 24.4 Å². The molecule has 2 unspecified atom stereocenters. The molecule has 1 aromatic heterocycles. The second kappa shape index (κ2) is 4.17. The van der Waals surface area contributed by atoms with Crippen molar-refractivity contribution in [1.29, 1.82) is 0 Å². The van der Waals surface area contributed by atoms with Gasteiger partial charge in [-0.3, -0.25) is 0 Å². The van der Waals surface area contributed by atoms with Gasteiger partial charge in [-0.1, -0.05) is 0 Å². The molecule has 1 aliphatic heterocycles. The van der Waals surface area contributed by atoms with Gasteiger partial charge >= 0.3 is 0 Å². The van der Waals surface area contributed by atoms with Crippen LogP contribution in [0, 0.1) is 5.92 Å². The Morgan fingerprint density at radius 3 is 3.23 bits per heavy atom. The highest BCUT2D eigenvalue weighted by Gasteiger charge is 2.23. The third-order valence-corrected chi connectivity index (χ3v) is 3.04. The SMILES string of the molecule is OC(c1cnsc1)C1CCCOC1. The normalized spacial score (nSPS) is 25.8. The van der Waals surface area contributed by atoms with Crippen molar-refractivity contribution in [3.63, 3.8) is 0 Å². The van der Waals surface area contributed by atoms with Crippen LogP contribution in [0.3, 0.4) is 0 Å². The van der Waals surface area contributed by atoms with Gasteiger partial charge in [-0.2, -0.15) is 0 Å². The lowest BCUT2D eigenvalue weighted by Crippen LogP contribution is -2.23. The van der Waals surface area contributed by atoms with E-state index in [1.165, 1.54) is 11.5 Å². The molecule has 0 radical (unpaired) electrons. The summed E-state index contributed by atoms with van der Waals surface area (Å²) in [6.45, 7) is 1.52. The zero-order valence-corrected chi connectivity index (χ0v) is 8.17. The van der Waals surface area contributed by atoms with Gasteiger partial charge in [0.1, 0.15) is 0 Å². The van der Waals surface area contributed by atoms with Crippen LogP contribution in [0.5, 0.6) is 0 Å². The van der Waals surface area contributed by atoms with Crippen molar-refractivity contribution < 1.29 is 9.84 Å². The number of aliphatic hydroxyl groups excluding tert-OH is 1. The van der Waals surface area contributed by atoms with Crippen LogP contribution in [-0.2, 0) is 4.74 Å². The molecule has 4 heteroatoms. The average molecular weight is 199 g/mol. The molecule has 0 aliphatic carbocycles. The van der Waals surface area contributed by atoms with Crippen LogP contribution in [0.2, 0.25) is 0 Å². The number of aliphatic hydroxyl groups is 1. The number of rotatable bonds is 2. The smallest absolute Gasteiger partial charge is 0.0863 e. The highest BCUT2D eigenvalue weighted by molar-refractivity contribution is 7.03. The molecule has 1 N–H and O–H groups in total. The number of aromatic nitrogens is 1. The maximum absolute atomic E-state index is 9.92. The summed E-state index contributed by atoms with van der Waals surface area (Å²) >= 11 is 1.38. The van der Waals surface area contributed by atoms with Crippen LogP contribution in [-0.4, -0.2) is 22.7 Å². The van der Waals surface area contributed by atoms with Gasteiger partial charge in [-0.25, -0.2) is 4.37 Å². The number of hydrogen-bond donors (Lipinski definition) is 1. The highest BCUT2D eigenvalue weighted by atomic mass is 32.1. The fourth-order valence-electron chi connectivity index (χ4n) is 1.65. The molecule has 13 heavy (non-hydrogen) atoms. The zero-order chi connectivity index (χ0) is 9.10. The second-order valence-corrected chi connectivity index (χ2v) is 4.04. The molecule has 0 aromatic carbocycles. The molecule has 1 aromatic rings. The first-order valence-electron chi connectivity index (χ1n) is 4.53. The molecule has 0 bridgehead atoms. The van der Waals surface area contributed by atoms with E-state index in [1.54, 1.807) is 6.20 Å². The van der Waals surface area contributed by atoms with Crippen LogP contribution in [0.25, 0.3) is 0 Å². The number of nitrogens with zero attached hydrogens (tertiary/aromatic N) is 1. The standard InChI is InChI=1S/C9H13NO2S/c11-9(8-4-10-13-6-8)7-2-1-3-12-5-7/h4,6-7,9,11H,1-3,5H2. The Morgan fingerprint density at radius 1 is 1.69 bits per heavy atom. The van der Waals surface area contributed by atoms with Gasteiger partial charge in [0.2, 0.25) is 0 Å². The van der Waals surface area contributed by atoms with Crippen molar-refractivity contribution in [2.24, 2.45) is 5.92 Å². The van der Waals surface area contributed by atoms with Crippen LogP contribution in [0.15, 0.2) is 11.6 Å². The monoisotopic (exact) mass is 199 g/mol. The molecule has 72 valence electrons. The molecule has 1 saturated heterocycles. The molecule has 0 spiro atoms. The van der Waals surface area contributed by atoms with Gasteiger partial charge in [0.25, 0.3) is 0 Å². The van der Waals surface area contributed by atoms with Crippen molar-refractivity contribution in [3.8, 4) is 0 Å². The average Bonchev–Trinajstić information content (AvgIpc) is 2.71. The van der Waals surface area contributed by atoms with Gasteiger partial charge in [0.05, 0.1) is 12.7 Å². The molecular weight excluding hydrogens is 186 g/mol. The summed E-state index contributed by atoms with van der Waals surface area (Å²) in [6.07, 6.45) is 3.46. The van der Waals surface area contributed by atoms with E-state index >= 15 is 0 Å². The van der Waals surface area contributed by atoms with E-state index < -0.39 is 0 Å². The Balaban J connectivity index is 1.99. The summed E-state index contributed by atoms with van der Waals surface area (Å²) < 4.78 is 9.30. The Morgan fingerprint density at radius 2 is 2.62 bits per heavy atom. The summed E-state index contributed by atoms with van der Waals surface area (Å²) in [5.41, 5.74) is 0.931. The van der Waals surface area contributed by atoms with Gasteiger partial charge in [-0.15, -0.1) is 0 Å². The van der Waals surface area contributed by atoms with Crippen LogP contribution >= 0.6 is 11.5 Å². The summed E-state index contributed by atoms with van der Waals surface area (Å²) in [5.74, 6) is 0.255. The second-order valence-electron chi connectivity index (χ2n) is 3.38. The van der Waals surface area contributed by atoms with E-state index in [4.69, 9.17) is 4.74 Å². The lowest BCUT2D eigenvalue weighted by molar-refractivity contribution is -0.00988. The molecule has 3 nitrogen and oxygen atoms in total. The van der Waals surface area contributed by atoms with Gasteiger partial charge in [0.15, 0.2) is 0 Å². The Kier molecular flexibility index (Phi) is 2.93.